The molecule has 30 heavy (non-hydrogen) atoms. The van der Waals surface area contributed by atoms with Gasteiger partial charge in [0, 0.05) is 11.1 Å². The molecule has 3 rings (SSSR count). The van der Waals surface area contributed by atoms with Gasteiger partial charge in [0.25, 0.3) is 0 Å². The predicted molar refractivity (Wildman–Crippen MR) is 128 cm³/mol. The Kier molecular flexibility index (Phi) is 7.45. The van der Waals surface area contributed by atoms with Crippen molar-refractivity contribution in [3.8, 4) is 16.2 Å². The standard InChI is InChI=1S/C19H15Cl2N3O3S3/c1-10(23-24-19(28)22-12-3-2-4-13(8-12)30(26)27)14-9-29-18(17(14)25)11-5-6-15(20)16(21)7-11/h2-9,25H,1H3,(H,26,27)(H2,22,24,28)/b23-10+. The maximum Gasteiger partial charge on any atom is 0.191 e. The normalized spacial score (nSPS) is 12.5. The molecule has 1 heterocycles. The first-order valence-electron chi connectivity index (χ1n) is 8.34. The van der Waals surface area contributed by atoms with Crippen molar-refractivity contribution in [3.05, 3.63) is 63.5 Å². The number of nitrogens with one attached hydrogen (secondary N) is 2. The number of aromatic hydroxyl groups is 1. The number of nitrogens with zero attached hydrogens (tertiary/aromatic N) is 1. The smallest absolute Gasteiger partial charge is 0.191 e. The summed E-state index contributed by atoms with van der Waals surface area (Å²) in [4.78, 5) is 0.896. The van der Waals surface area contributed by atoms with Crippen LogP contribution in [0.5, 0.6) is 5.75 Å². The summed E-state index contributed by atoms with van der Waals surface area (Å²) in [5.41, 5.74) is 5.05. The lowest BCUT2D eigenvalue weighted by Crippen LogP contribution is -2.25. The van der Waals surface area contributed by atoms with E-state index in [-0.39, 0.29) is 15.8 Å². The number of thiocarbonyl (C=S) groups is 1. The number of anilines is 1. The van der Waals surface area contributed by atoms with Gasteiger partial charge < -0.3 is 15.0 Å². The molecule has 0 aliphatic heterocycles. The average Bonchev–Trinajstić information content (AvgIpc) is 3.10. The molecule has 6 nitrogen and oxygen atoms in total. The number of hydrogen-bond donors (Lipinski definition) is 4. The van der Waals surface area contributed by atoms with Crippen LogP contribution in [-0.2, 0) is 11.1 Å². The van der Waals surface area contributed by atoms with E-state index in [2.05, 4.69) is 15.8 Å². The van der Waals surface area contributed by atoms with Gasteiger partial charge in [0.15, 0.2) is 16.2 Å². The quantitative estimate of drug-likeness (QED) is 0.155. The number of benzene rings is 2. The summed E-state index contributed by atoms with van der Waals surface area (Å²) in [5, 5.41) is 20.5. The number of halogens is 2. The van der Waals surface area contributed by atoms with E-state index in [4.69, 9.17) is 40.0 Å². The van der Waals surface area contributed by atoms with E-state index < -0.39 is 11.1 Å². The van der Waals surface area contributed by atoms with Gasteiger partial charge in [-0.3, -0.25) is 5.43 Å². The van der Waals surface area contributed by atoms with Crippen LogP contribution in [0.3, 0.4) is 0 Å². The molecule has 0 saturated carbocycles. The van der Waals surface area contributed by atoms with Gasteiger partial charge in [-0.05, 0) is 55.0 Å². The van der Waals surface area contributed by atoms with E-state index in [1.165, 1.54) is 23.5 Å². The van der Waals surface area contributed by atoms with Gasteiger partial charge in [-0.15, -0.1) is 11.3 Å². The van der Waals surface area contributed by atoms with Crippen molar-refractivity contribution in [2.24, 2.45) is 5.10 Å². The van der Waals surface area contributed by atoms with Crippen LogP contribution in [-0.4, -0.2) is 24.7 Å². The first kappa shape index (κ1) is 22.7. The second-order valence-corrected chi connectivity index (χ2v) is 9.07. The van der Waals surface area contributed by atoms with E-state index in [0.717, 1.165) is 5.56 Å². The molecule has 4 N–H and O–H groups in total. The molecule has 2 aromatic carbocycles. The minimum atomic E-state index is -2.08. The summed E-state index contributed by atoms with van der Waals surface area (Å²) in [6, 6.07) is 11.5. The molecule has 0 saturated heterocycles. The van der Waals surface area contributed by atoms with Crippen LogP contribution < -0.4 is 10.7 Å². The third kappa shape index (κ3) is 5.37. The zero-order valence-electron chi connectivity index (χ0n) is 15.3. The van der Waals surface area contributed by atoms with Crippen molar-refractivity contribution < 1.29 is 13.9 Å². The highest BCUT2D eigenvalue weighted by Gasteiger charge is 2.15. The van der Waals surface area contributed by atoms with E-state index in [1.54, 1.807) is 42.6 Å². The largest absolute Gasteiger partial charge is 0.506 e. The van der Waals surface area contributed by atoms with Crippen molar-refractivity contribution in [2.75, 3.05) is 5.32 Å². The molecule has 1 aromatic heterocycles. The predicted octanol–water partition coefficient (Wildman–Crippen LogP) is 5.72. The summed E-state index contributed by atoms with van der Waals surface area (Å²) < 4.78 is 20.3. The molecule has 0 radical (unpaired) electrons. The lowest BCUT2D eigenvalue weighted by molar-refractivity contribution is 0.478. The molecule has 0 aliphatic carbocycles. The first-order valence-corrected chi connectivity index (χ1v) is 11.5. The molecule has 11 heteroatoms. The van der Waals surface area contributed by atoms with Crippen LogP contribution in [0.1, 0.15) is 12.5 Å². The highest BCUT2D eigenvalue weighted by atomic mass is 35.5. The van der Waals surface area contributed by atoms with Crippen LogP contribution in [0.4, 0.5) is 5.69 Å². The zero-order chi connectivity index (χ0) is 21.8. The van der Waals surface area contributed by atoms with Crippen molar-refractivity contribution >= 4 is 74.3 Å². The number of thiophene rings is 1. The average molecular weight is 500 g/mol. The summed E-state index contributed by atoms with van der Waals surface area (Å²) in [5.74, 6) is 0.0819. The number of hydrogen-bond acceptors (Lipinski definition) is 5. The summed E-state index contributed by atoms with van der Waals surface area (Å²) in [6.45, 7) is 1.73. The SMILES string of the molecule is C/C(=N\NC(=S)Nc1cccc(S(=O)O)c1)c1csc(-c2ccc(Cl)c(Cl)c2)c1O. The fraction of sp³-hybridized carbons (Fsp3) is 0.0526. The first-order chi connectivity index (χ1) is 14.3. The summed E-state index contributed by atoms with van der Waals surface area (Å²) in [6.07, 6.45) is 0. The lowest BCUT2D eigenvalue weighted by atomic mass is 10.1. The molecule has 0 aliphatic rings. The van der Waals surface area contributed by atoms with Crippen molar-refractivity contribution in [1.82, 2.24) is 5.43 Å². The Morgan fingerprint density at radius 2 is 1.97 bits per heavy atom. The Labute approximate surface area is 194 Å². The number of hydrazone groups is 1. The molecule has 0 amide bonds. The Morgan fingerprint density at radius 3 is 2.67 bits per heavy atom. The molecule has 3 aromatic rings. The minimum Gasteiger partial charge on any atom is -0.506 e. The van der Waals surface area contributed by atoms with Crippen LogP contribution in [0.15, 0.2) is 57.8 Å². The molecule has 0 fully saturated rings. The van der Waals surface area contributed by atoms with Crippen LogP contribution in [0.25, 0.3) is 10.4 Å². The second kappa shape index (κ2) is 9.86. The van der Waals surface area contributed by atoms with Crippen molar-refractivity contribution in [1.29, 1.82) is 0 Å². The molecule has 1 atom stereocenters. The maximum atomic E-state index is 11.2. The van der Waals surface area contributed by atoms with Gasteiger partial charge in [-0.25, -0.2) is 4.21 Å². The summed E-state index contributed by atoms with van der Waals surface area (Å²) in [7, 11) is 0. The lowest BCUT2D eigenvalue weighted by Gasteiger charge is -2.09. The molecule has 0 spiro atoms. The molecule has 0 bridgehead atoms. The van der Waals surface area contributed by atoms with Crippen molar-refractivity contribution in [2.45, 2.75) is 11.8 Å². The minimum absolute atomic E-state index is 0.0819. The topological polar surface area (TPSA) is 94.0 Å². The maximum absolute atomic E-state index is 11.2. The van der Waals surface area contributed by atoms with E-state index in [9.17, 15) is 9.32 Å². The highest BCUT2D eigenvalue weighted by molar-refractivity contribution is 7.80. The summed E-state index contributed by atoms with van der Waals surface area (Å²) >= 11 is 16.5. The number of rotatable bonds is 5. The van der Waals surface area contributed by atoms with Gasteiger partial charge in [0.05, 0.1) is 31.1 Å². The van der Waals surface area contributed by atoms with E-state index >= 15 is 0 Å². The van der Waals surface area contributed by atoms with Crippen LogP contribution in [0, 0.1) is 0 Å². The van der Waals surface area contributed by atoms with Gasteiger partial charge in [-0.1, -0.05) is 35.3 Å². The zero-order valence-corrected chi connectivity index (χ0v) is 19.3. The Balaban J connectivity index is 1.72. The highest BCUT2D eigenvalue weighted by Crippen LogP contribution is 2.40. The third-order valence-electron chi connectivity index (χ3n) is 3.96. The van der Waals surface area contributed by atoms with Crippen molar-refractivity contribution in [3.63, 3.8) is 0 Å². The van der Waals surface area contributed by atoms with E-state index in [1.807, 2.05) is 0 Å². The second-order valence-electron chi connectivity index (χ2n) is 6.00. The fourth-order valence-corrected chi connectivity index (χ4v) is 4.37. The monoisotopic (exact) mass is 499 g/mol. The molecular formula is C19H15Cl2N3O3S3. The fourth-order valence-electron chi connectivity index (χ4n) is 2.49. The van der Waals surface area contributed by atoms with E-state index in [0.29, 0.717) is 31.9 Å². The Hall–Kier alpha value is -2.01. The van der Waals surface area contributed by atoms with Crippen LogP contribution in [0.2, 0.25) is 10.0 Å². The van der Waals surface area contributed by atoms with Gasteiger partial charge in [0.1, 0.15) is 5.75 Å². The molecule has 1 unspecified atom stereocenters. The van der Waals surface area contributed by atoms with Gasteiger partial charge in [-0.2, -0.15) is 5.10 Å². The molecular weight excluding hydrogens is 485 g/mol. The molecule has 156 valence electrons. The van der Waals surface area contributed by atoms with Crippen LogP contribution >= 0.6 is 46.8 Å². The Bertz CT molecular complexity index is 1160. The Morgan fingerprint density at radius 1 is 1.20 bits per heavy atom. The van der Waals surface area contributed by atoms with Gasteiger partial charge in [0.2, 0.25) is 0 Å². The third-order valence-corrected chi connectivity index (χ3v) is 6.56. The van der Waals surface area contributed by atoms with Gasteiger partial charge >= 0.3 is 0 Å².